The van der Waals surface area contributed by atoms with E-state index in [0.29, 0.717) is 10.8 Å². The molecule has 0 bridgehead atoms. The highest BCUT2D eigenvalue weighted by Gasteiger charge is 2.18. The van der Waals surface area contributed by atoms with E-state index in [4.69, 9.17) is 4.74 Å². The maximum Gasteiger partial charge on any atom is 0.337 e. The van der Waals surface area contributed by atoms with Crippen molar-refractivity contribution in [2.24, 2.45) is 0 Å². The zero-order valence-electron chi connectivity index (χ0n) is 14.8. The summed E-state index contributed by atoms with van der Waals surface area (Å²) in [4.78, 5) is 24.2. The topological polar surface area (TPSA) is 99.4 Å². The second-order valence-corrected chi connectivity index (χ2v) is 5.90. The van der Waals surface area contributed by atoms with Gasteiger partial charge in [0.25, 0.3) is 5.91 Å². The normalized spacial score (nSPS) is 10.3. The summed E-state index contributed by atoms with van der Waals surface area (Å²) >= 11 is 0. The van der Waals surface area contributed by atoms with Gasteiger partial charge in [0.2, 0.25) is 0 Å². The van der Waals surface area contributed by atoms with Crippen molar-refractivity contribution in [3.05, 3.63) is 71.0 Å². The predicted molar refractivity (Wildman–Crippen MR) is 101 cm³/mol. The summed E-state index contributed by atoms with van der Waals surface area (Å²) < 4.78 is 18.7. The zero-order valence-corrected chi connectivity index (χ0v) is 14.8. The molecule has 1 amide bonds. The number of anilines is 1. The van der Waals surface area contributed by atoms with Crippen LogP contribution in [0.3, 0.4) is 0 Å². The maximum atomic E-state index is 13.3. The number of amides is 1. The van der Waals surface area contributed by atoms with Crippen molar-refractivity contribution in [1.29, 1.82) is 5.26 Å². The van der Waals surface area contributed by atoms with Crippen LogP contribution in [0.1, 0.15) is 33.2 Å². The molecule has 0 fully saturated rings. The van der Waals surface area contributed by atoms with E-state index in [0.717, 1.165) is 6.07 Å². The number of hydrogen-bond acceptors (Lipinski definition) is 4. The summed E-state index contributed by atoms with van der Waals surface area (Å²) in [6.07, 6.45) is 0. The highest BCUT2D eigenvalue weighted by atomic mass is 19.1. The predicted octanol–water partition coefficient (Wildman–Crippen LogP) is 4.20. The number of carboxylic acid groups (broad SMARTS) is 1. The van der Waals surface area contributed by atoms with Crippen LogP contribution in [0.15, 0.2) is 48.5 Å². The first-order valence-corrected chi connectivity index (χ1v) is 8.38. The van der Waals surface area contributed by atoms with Crippen LogP contribution in [0, 0.1) is 17.1 Å². The highest BCUT2D eigenvalue weighted by Crippen LogP contribution is 2.28. The van der Waals surface area contributed by atoms with E-state index in [9.17, 15) is 24.3 Å². The molecule has 140 valence electrons. The van der Waals surface area contributed by atoms with Crippen LogP contribution >= 0.6 is 0 Å². The van der Waals surface area contributed by atoms with Crippen LogP contribution in [-0.4, -0.2) is 23.6 Å². The Morgan fingerprint density at radius 2 is 1.86 bits per heavy atom. The number of carbonyl (C=O) groups excluding carboxylic acids is 1. The van der Waals surface area contributed by atoms with Crippen molar-refractivity contribution < 1.29 is 23.8 Å². The van der Waals surface area contributed by atoms with Crippen molar-refractivity contribution in [1.82, 2.24) is 0 Å². The summed E-state index contributed by atoms with van der Waals surface area (Å²) in [7, 11) is 0. The fourth-order valence-corrected chi connectivity index (χ4v) is 2.77. The fraction of sp³-hybridized carbons (Fsp3) is 0.0952. The number of fused-ring (bicyclic) bond motifs is 1. The minimum Gasteiger partial charge on any atom is -0.492 e. The Bertz CT molecular complexity index is 1140. The summed E-state index contributed by atoms with van der Waals surface area (Å²) in [5.74, 6) is -2.03. The second kappa shape index (κ2) is 7.76. The number of benzene rings is 3. The quantitative estimate of drug-likeness (QED) is 0.693. The smallest absolute Gasteiger partial charge is 0.337 e. The van der Waals surface area contributed by atoms with E-state index in [-0.39, 0.29) is 40.6 Å². The van der Waals surface area contributed by atoms with Gasteiger partial charge in [-0.2, -0.15) is 5.26 Å². The number of rotatable bonds is 5. The lowest BCUT2D eigenvalue weighted by Crippen LogP contribution is -2.15. The number of carbonyl (C=O) groups is 2. The standard InChI is InChI=1S/C21H15FN2O4/c1-2-28-19-10-18(17(21(26)27)9-15(19)11-23)24-20(25)14-4-3-13-8-16(22)6-5-12(13)7-14/h3-10H,2H2,1H3,(H,24,25)(H,26,27). The maximum absolute atomic E-state index is 13.3. The number of carboxylic acids is 1. The Hall–Kier alpha value is -3.92. The summed E-state index contributed by atoms with van der Waals surface area (Å²) in [5.41, 5.74) is 0.123. The molecule has 0 saturated heterocycles. The highest BCUT2D eigenvalue weighted by molar-refractivity contribution is 6.09. The number of ether oxygens (including phenoxy) is 1. The van der Waals surface area contributed by atoms with Crippen LogP contribution in [0.5, 0.6) is 5.75 Å². The van der Waals surface area contributed by atoms with Gasteiger partial charge in [0.05, 0.1) is 23.4 Å². The molecule has 2 N–H and O–H groups in total. The molecule has 0 aliphatic heterocycles. The van der Waals surface area contributed by atoms with Crippen LogP contribution in [0.4, 0.5) is 10.1 Å². The first kappa shape index (κ1) is 18.9. The third-order valence-electron chi connectivity index (χ3n) is 4.08. The third kappa shape index (κ3) is 3.76. The number of nitrogens with zero attached hydrogens (tertiary/aromatic N) is 1. The van der Waals surface area contributed by atoms with E-state index in [1.165, 1.54) is 24.3 Å². The van der Waals surface area contributed by atoms with Gasteiger partial charge in [0.1, 0.15) is 17.6 Å². The lowest BCUT2D eigenvalue weighted by molar-refractivity contribution is 0.0698. The lowest BCUT2D eigenvalue weighted by atomic mass is 10.0. The number of halogens is 1. The minimum absolute atomic E-state index is 0.0131. The molecule has 0 aromatic heterocycles. The number of nitrogens with one attached hydrogen (secondary N) is 1. The van der Waals surface area contributed by atoms with Gasteiger partial charge in [0.15, 0.2) is 0 Å². The molecule has 3 rings (SSSR count). The number of nitriles is 1. The van der Waals surface area contributed by atoms with Crippen molar-refractivity contribution in [3.63, 3.8) is 0 Å². The molecule has 0 aliphatic carbocycles. The Labute approximate surface area is 159 Å². The molecule has 3 aromatic carbocycles. The lowest BCUT2D eigenvalue weighted by Gasteiger charge is -2.13. The van der Waals surface area contributed by atoms with Gasteiger partial charge in [-0.1, -0.05) is 12.1 Å². The third-order valence-corrected chi connectivity index (χ3v) is 4.08. The molecule has 0 radical (unpaired) electrons. The molecule has 28 heavy (non-hydrogen) atoms. The summed E-state index contributed by atoms with van der Waals surface area (Å²) in [5, 5.41) is 22.5. The van der Waals surface area contributed by atoms with Gasteiger partial charge < -0.3 is 15.2 Å². The van der Waals surface area contributed by atoms with E-state index in [2.05, 4.69) is 5.32 Å². The van der Waals surface area contributed by atoms with Crippen LogP contribution < -0.4 is 10.1 Å². The average Bonchev–Trinajstić information content (AvgIpc) is 2.67. The molecule has 0 heterocycles. The van der Waals surface area contributed by atoms with Gasteiger partial charge in [-0.15, -0.1) is 0 Å². The van der Waals surface area contributed by atoms with Crippen LogP contribution in [0.2, 0.25) is 0 Å². The fourth-order valence-electron chi connectivity index (χ4n) is 2.77. The minimum atomic E-state index is -1.29. The zero-order chi connectivity index (χ0) is 20.3. The SMILES string of the molecule is CCOc1cc(NC(=O)c2ccc3cc(F)ccc3c2)c(C(=O)O)cc1C#N. The largest absolute Gasteiger partial charge is 0.492 e. The monoisotopic (exact) mass is 378 g/mol. The van der Waals surface area contributed by atoms with E-state index in [1.807, 2.05) is 6.07 Å². The van der Waals surface area contributed by atoms with Gasteiger partial charge in [0, 0.05) is 11.6 Å². The molecular weight excluding hydrogens is 363 g/mol. The van der Waals surface area contributed by atoms with Crippen LogP contribution in [0.25, 0.3) is 10.8 Å². The van der Waals surface area contributed by atoms with Crippen molar-refractivity contribution in [3.8, 4) is 11.8 Å². The second-order valence-electron chi connectivity index (χ2n) is 5.90. The van der Waals surface area contributed by atoms with E-state index < -0.39 is 11.9 Å². The first-order valence-electron chi connectivity index (χ1n) is 8.38. The Balaban J connectivity index is 1.99. The molecule has 0 atom stereocenters. The molecule has 0 saturated carbocycles. The molecule has 7 heteroatoms. The Morgan fingerprint density at radius 1 is 1.14 bits per heavy atom. The van der Waals surface area contributed by atoms with Gasteiger partial charge in [-0.25, -0.2) is 9.18 Å². The number of aromatic carboxylic acids is 1. The summed E-state index contributed by atoms with van der Waals surface area (Å²) in [6.45, 7) is 2.00. The first-order chi connectivity index (χ1) is 13.4. The molecule has 0 unspecified atom stereocenters. The molecular formula is C21H15FN2O4. The van der Waals surface area contributed by atoms with Gasteiger partial charge >= 0.3 is 5.97 Å². The summed E-state index contributed by atoms with van der Waals surface area (Å²) in [6, 6.07) is 13.3. The van der Waals surface area contributed by atoms with Gasteiger partial charge in [-0.3, -0.25) is 4.79 Å². The molecule has 0 spiro atoms. The Kier molecular flexibility index (Phi) is 5.23. The molecule has 3 aromatic rings. The van der Waals surface area contributed by atoms with Crippen molar-refractivity contribution >= 4 is 28.3 Å². The van der Waals surface area contributed by atoms with E-state index >= 15 is 0 Å². The van der Waals surface area contributed by atoms with Crippen molar-refractivity contribution in [2.75, 3.05) is 11.9 Å². The molecule has 6 nitrogen and oxygen atoms in total. The van der Waals surface area contributed by atoms with Crippen molar-refractivity contribution in [2.45, 2.75) is 6.92 Å². The Morgan fingerprint density at radius 3 is 2.54 bits per heavy atom. The molecule has 0 aliphatic rings. The van der Waals surface area contributed by atoms with Crippen LogP contribution in [-0.2, 0) is 0 Å². The van der Waals surface area contributed by atoms with Gasteiger partial charge in [-0.05, 0) is 48.0 Å². The number of hydrogen-bond donors (Lipinski definition) is 2. The average molecular weight is 378 g/mol. The van der Waals surface area contributed by atoms with E-state index in [1.54, 1.807) is 25.1 Å².